The second-order valence-electron chi connectivity index (χ2n) is 14.2. The third kappa shape index (κ3) is 8.79. The fourth-order valence-corrected chi connectivity index (χ4v) is 8.02. The number of sulfonamides is 1. The highest BCUT2D eigenvalue weighted by atomic mass is 32.2. The summed E-state index contributed by atoms with van der Waals surface area (Å²) < 4.78 is 33.0. The summed E-state index contributed by atoms with van der Waals surface area (Å²) >= 11 is 0. The van der Waals surface area contributed by atoms with E-state index in [2.05, 4.69) is 45.5 Å². The molecule has 0 aliphatic carbocycles. The summed E-state index contributed by atoms with van der Waals surface area (Å²) in [5, 5.41) is 10.6. The molecule has 0 radical (unpaired) electrons. The Balaban J connectivity index is 0.997. The molecule has 2 aromatic carbocycles. The van der Waals surface area contributed by atoms with E-state index in [1.165, 1.54) is 10.6 Å². The summed E-state index contributed by atoms with van der Waals surface area (Å²) in [5.41, 5.74) is 4.57. The summed E-state index contributed by atoms with van der Waals surface area (Å²) in [6.07, 6.45) is 5.20. The number of fused-ring (bicyclic) bond motifs is 1. The smallest absolute Gasteiger partial charge is 0.323 e. The number of aromatic nitrogens is 3. The first kappa shape index (κ1) is 36.7. The zero-order valence-electron chi connectivity index (χ0n) is 30.6. The summed E-state index contributed by atoms with van der Waals surface area (Å²) in [5.74, 6) is 1.39. The van der Waals surface area contributed by atoms with E-state index in [1.54, 1.807) is 24.3 Å². The Morgan fingerprint density at radius 2 is 1.49 bits per heavy atom. The topological polar surface area (TPSA) is 148 Å². The van der Waals surface area contributed by atoms with E-state index in [4.69, 9.17) is 14.8 Å². The Morgan fingerprint density at radius 3 is 2.09 bits per heavy atom. The first-order valence-electron chi connectivity index (χ1n) is 18.1. The maximum absolute atomic E-state index is 13.0. The van der Waals surface area contributed by atoms with Crippen molar-refractivity contribution in [2.24, 2.45) is 0 Å². The Labute approximate surface area is 310 Å². The van der Waals surface area contributed by atoms with Crippen molar-refractivity contribution in [1.82, 2.24) is 33.6 Å². The van der Waals surface area contributed by atoms with Crippen LogP contribution in [0.4, 0.5) is 22.0 Å². The lowest BCUT2D eigenvalue weighted by atomic mass is 10.0. The second-order valence-corrected chi connectivity index (χ2v) is 16.2. The van der Waals surface area contributed by atoms with Crippen LogP contribution in [0.1, 0.15) is 28.8 Å². The number of likely N-dealkylation sites (tertiary alicyclic amines) is 1. The lowest BCUT2D eigenvalue weighted by Gasteiger charge is -2.35. The predicted molar refractivity (Wildman–Crippen MR) is 205 cm³/mol. The van der Waals surface area contributed by atoms with Gasteiger partial charge in [0.05, 0.1) is 19.5 Å². The molecule has 3 amide bonds. The van der Waals surface area contributed by atoms with E-state index >= 15 is 0 Å². The standard InChI is InChI=1S/C37H48N10O5S/c1-42(2)32-12-14-45(15-13-32)36(48)29-6-10-31(11-7-29)39-37(49)38-30-8-4-28(5-9-30)34-40-35(44-20-22-52-23-21-44)33-24-27(26-47(33)41-34)25-43-16-18-46(19-17-43)53(3,50)51/h4-11,24,26,32H,12-23,25H2,1-3H3,(H2,38,39,49). The molecule has 0 atom stereocenters. The minimum atomic E-state index is -3.19. The van der Waals surface area contributed by atoms with Crippen LogP contribution in [0.15, 0.2) is 60.8 Å². The normalized spacial score (nSPS) is 18.1. The summed E-state index contributed by atoms with van der Waals surface area (Å²) in [6, 6.07) is 16.6. The van der Waals surface area contributed by atoms with Crippen LogP contribution in [0.25, 0.3) is 16.9 Å². The fraction of sp³-hybridized carbons (Fsp3) is 0.459. The average Bonchev–Trinajstić information content (AvgIpc) is 3.57. The summed E-state index contributed by atoms with van der Waals surface area (Å²) in [6.45, 7) is 7.10. The van der Waals surface area contributed by atoms with Crippen LogP contribution in [-0.2, 0) is 21.3 Å². The number of hydrogen-bond acceptors (Lipinski definition) is 10. The molecule has 2 N–H and O–H groups in total. The van der Waals surface area contributed by atoms with Gasteiger partial charge in [0.1, 0.15) is 5.52 Å². The van der Waals surface area contributed by atoms with Crippen molar-refractivity contribution < 1.29 is 22.7 Å². The zero-order valence-corrected chi connectivity index (χ0v) is 31.4. The molecule has 3 fully saturated rings. The number of benzene rings is 2. The van der Waals surface area contributed by atoms with Crippen molar-refractivity contribution in [3.63, 3.8) is 0 Å². The number of anilines is 3. The van der Waals surface area contributed by atoms with Gasteiger partial charge in [0.2, 0.25) is 10.0 Å². The fourth-order valence-electron chi connectivity index (χ4n) is 7.19. The van der Waals surface area contributed by atoms with Gasteiger partial charge >= 0.3 is 6.03 Å². The number of nitrogens with one attached hydrogen (secondary N) is 2. The molecule has 15 nitrogen and oxygen atoms in total. The van der Waals surface area contributed by atoms with Crippen molar-refractivity contribution in [2.75, 3.05) is 101 Å². The van der Waals surface area contributed by atoms with Crippen LogP contribution >= 0.6 is 0 Å². The second kappa shape index (κ2) is 15.8. The Hall–Kier alpha value is -4.61. The van der Waals surface area contributed by atoms with Gasteiger partial charge in [-0.3, -0.25) is 9.69 Å². The lowest BCUT2D eigenvalue weighted by Crippen LogP contribution is -2.47. The number of hydrogen-bond donors (Lipinski definition) is 2. The molecule has 0 bridgehead atoms. The minimum absolute atomic E-state index is 0.0120. The SMILES string of the molecule is CN(C)C1CCN(C(=O)c2ccc(NC(=O)Nc3ccc(-c4nc(N5CCOCC5)c5cc(CN6CCN(S(C)(=O)=O)CC6)cn5n4)cc3)cc2)CC1. The minimum Gasteiger partial charge on any atom is -0.378 e. The summed E-state index contributed by atoms with van der Waals surface area (Å²) in [7, 11) is 0.968. The summed E-state index contributed by atoms with van der Waals surface area (Å²) in [4.78, 5) is 39.5. The molecule has 53 heavy (non-hydrogen) atoms. The molecule has 16 heteroatoms. The van der Waals surface area contributed by atoms with E-state index in [0.29, 0.717) is 87.8 Å². The Bertz CT molecular complexity index is 2020. The quantitative estimate of drug-likeness (QED) is 0.262. The molecule has 0 unspecified atom stereocenters. The molecule has 7 rings (SSSR count). The van der Waals surface area contributed by atoms with Gasteiger partial charge < -0.3 is 30.1 Å². The number of piperidine rings is 1. The van der Waals surface area contributed by atoms with E-state index in [9.17, 15) is 18.0 Å². The third-order valence-electron chi connectivity index (χ3n) is 10.3. The molecule has 3 saturated heterocycles. The Morgan fingerprint density at radius 1 is 0.868 bits per heavy atom. The zero-order chi connectivity index (χ0) is 37.1. The van der Waals surface area contributed by atoms with Crippen molar-refractivity contribution in [1.29, 1.82) is 0 Å². The van der Waals surface area contributed by atoms with Crippen molar-refractivity contribution in [3.05, 3.63) is 71.9 Å². The van der Waals surface area contributed by atoms with Gasteiger partial charge in [0.25, 0.3) is 5.91 Å². The van der Waals surface area contributed by atoms with Gasteiger partial charge in [0.15, 0.2) is 11.6 Å². The monoisotopic (exact) mass is 744 g/mol. The molecule has 3 aliphatic heterocycles. The van der Waals surface area contributed by atoms with E-state index in [1.807, 2.05) is 39.9 Å². The molecule has 282 valence electrons. The van der Waals surface area contributed by atoms with Gasteiger partial charge in [-0.1, -0.05) is 0 Å². The van der Waals surface area contributed by atoms with Crippen molar-refractivity contribution in [3.8, 4) is 11.4 Å². The van der Waals surface area contributed by atoms with E-state index in [-0.39, 0.29) is 5.91 Å². The average molecular weight is 745 g/mol. The van der Waals surface area contributed by atoms with Gasteiger partial charge in [-0.15, -0.1) is 5.10 Å². The molecular weight excluding hydrogens is 697 g/mol. The van der Waals surface area contributed by atoms with Crippen LogP contribution in [0, 0.1) is 0 Å². The van der Waals surface area contributed by atoms with Crippen LogP contribution < -0.4 is 15.5 Å². The largest absolute Gasteiger partial charge is 0.378 e. The van der Waals surface area contributed by atoms with Gasteiger partial charge in [-0.2, -0.15) is 4.31 Å². The van der Waals surface area contributed by atoms with Crippen LogP contribution in [0.5, 0.6) is 0 Å². The molecule has 5 heterocycles. The third-order valence-corrected chi connectivity index (χ3v) is 11.6. The molecule has 3 aliphatic rings. The van der Waals surface area contributed by atoms with Crippen molar-refractivity contribution >= 4 is 44.7 Å². The van der Waals surface area contributed by atoms with Crippen LogP contribution in [-0.4, -0.2) is 146 Å². The highest BCUT2D eigenvalue weighted by Crippen LogP contribution is 2.28. The van der Waals surface area contributed by atoms with Gasteiger partial charge in [0, 0.05) is 93.6 Å². The first-order chi connectivity index (χ1) is 25.5. The molecule has 0 saturated carbocycles. The highest BCUT2D eigenvalue weighted by molar-refractivity contribution is 7.88. The predicted octanol–water partition coefficient (Wildman–Crippen LogP) is 3.12. The van der Waals surface area contributed by atoms with Gasteiger partial charge in [-0.05, 0) is 87.1 Å². The molecular formula is C37H48N10O5S. The van der Waals surface area contributed by atoms with Crippen molar-refractivity contribution in [2.45, 2.75) is 25.4 Å². The first-order valence-corrected chi connectivity index (χ1v) is 20.0. The Kier molecular flexibility index (Phi) is 10.9. The van der Waals surface area contributed by atoms with E-state index in [0.717, 1.165) is 48.4 Å². The van der Waals surface area contributed by atoms with Crippen LogP contribution in [0.3, 0.4) is 0 Å². The lowest BCUT2D eigenvalue weighted by molar-refractivity contribution is 0.0663. The maximum atomic E-state index is 13.0. The number of nitrogens with zero attached hydrogens (tertiary/aromatic N) is 8. The number of piperazine rings is 1. The highest BCUT2D eigenvalue weighted by Gasteiger charge is 2.26. The number of urea groups is 1. The molecule has 2 aromatic heterocycles. The van der Waals surface area contributed by atoms with E-state index < -0.39 is 16.1 Å². The number of carbonyl (C=O) groups excluding carboxylic acids is 2. The number of carbonyl (C=O) groups is 2. The number of amides is 3. The van der Waals surface area contributed by atoms with Gasteiger partial charge in [-0.25, -0.2) is 22.7 Å². The number of ether oxygens (including phenoxy) is 1. The number of rotatable bonds is 9. The molecule has 0 spiro atoms. The maximum Gasteiger partial charge on any atom is 0.323 e. The molecule has 4 aromatic rings. The number of morpholine rings is 1. The van der Waals surface area contributed by atoms with Crippen LogP contribution in [0.2, 0.25) is 0 Å².